The van der Waals surface area contributed by atoms with Gasteiger partial charge in [-0.05, 0) is 67.3 Å². The van der Waals surface area contributed by atoms with Crippen LogP contribution in [0.2, 0.25) is 0 Å². The summed E-state index contributed by atoms with van der Waals surface area (Å²) in [7, 11) is 0. The predicted molar refractivity (Wildman–Crippen MR) is 111 cm³/mol. The van der Waals surface area contributed by atoms with E-state index >= 15 is 4.39 Å². The van der Waals surface area contributed by atoms with Crippen LogP contribution in [0.5, 0.6) is 0 Å². The maximum absolute atomic E-state index is 15.1. The molecule has 3 fully saturated rings. The molecule has 3 unspecified atom stereocenters. The fourth-order valence-electron chi connectivity index (χ4n) is 5.90. The Morgan fingerprint density at radius 1 is 1.03 bits per heavy atom. The SMILES string of the molecule is NC(=O)C1CC2CC2([C@@H](c2cc(F)c(C(F)(F)F)cc2F)C2CC2)N1C(=O)c1cccc(C(F)(F)F)n1. The first-order valence-electron chi connectivity index (χ1n) is 11.4. The predicted octanol–water partition coefficient (Wildman–Crippen LogP) is 5.05. The molecule has 2 heterocycles. The van der Waals surface area contributed by atoms with Crippen LogP contribution in [0.4, 0.5) is 35.1 Å². The van der Waals surface area contributed by atoms with Crippen LogP contribution in [0.15, 0.2) is 30.3 Å². The standard InChI is InChI=1S/C24H19F8N3O2/c25-14-8-13(23(27,28)29)15(26)7-12(14)19(10-4-5-10)22-9-11(22)6-17(20(33)36)35(22)21(37)16-2-1-3-18(34-16)24(30,31)32/h1-3,7-8,10-11,17,19H,4-6,9H2,(H2,33,36)/t11?,17?,19-,22?/m1/s1. The smallest absolute Gasteiger partial charge is 0.368 e. The Balaban J connectivity index is 1.61. The molecule has 1 aromatic heterocycles. The Morgan fingerprint density at radius 2 is 1.70 bits per heavy atom. The molecule has 1 aromatic carbocycles. The fraction of sp³-hybridized carbons (Fsp3) is 0.458. The monoisotopic (exact) mass is 533 g/mol. The molecule has 2 aromatic rings. The van der Waals surface area contributed by atoms with Crippen molar-refractivity contribution >= 4 is 11.8 Å². The molecular weight excluding hydrogens is 514 g/mol. The average Bonchev–Trinajstić information content (AvgIpc) is 3.72. The van der Waals surface area contributed by atoms with Crippen molar-refractivity contribution in [3.8, 4) is 0 Å². The van der Waals surface area contributed by atoms with Crippen molar-refractivity contribution in [2.45, 2.75) is 55.5 Å². The zero-order chi connectivity index (χ0) is 27.1. The van der Waals surface area contributed by atoms with Crippen LogP contribution in [0.3, 0.4) is 0 Å². The molecule has 37 heavy (non-hydrogen) atoms. The number of alkyl halides is 6. The van der Waals surface area contributed by atoms with Crippen molar-refractivity contribution in [1.82, 2.24) is 9.88 Å². The minimum absolute atomic E-state index is 0.0357. The first-order chi connectivity index (χ1) is 17.2. The molecule has 2 aliphatic carbocycles. The lowest BCUT2D eigenvalue weighted by Crippen LogP contribution is -2.53. The van der Waals surface area contributed by atoms with Crippen LogP contribution in [0.1, 0.15) is 58.9 Å². The van der Waals surface area contributed by atoms with E-state index < -0.39 is 76.2 Å². The fourth-order valence-corrected chi connectivity index (χ4v) is 5.90. The number of hydrogen-bond acceptors (Lipinski definition) is 3. The highest BCUT2D eigenvalue weighted by atomic mass is 19.4. The van der Waals surface area contributed by atoms with E-state index in [-0.39, 0.29) is 30.4 Å². The number of likely N-dealkylation sites (tertiary alicyclic amines) is 1. The zero-order valence-electron chi connectivity index (χ0n) is 18.8. The molecule has 5 nitrogen and oxygen atoms in total. The van der Waals surface area contributed by atoms with Gasteiger partial charge in [0.2, 0.25) is 5.91 Å². The molecule has 2 N–H and O–H groups in total. The van der Waals surface area contributed by atoms with Gasteiger partial charge in [0.15, 0.2) is 0 Å². The number of hydrogen-bond donors (Lipinski definition) is 1. The largest absolute Gasteiger partial charge is 0.433 e. The second kappa shape index (κ2) is 8.12. The first-order valence-corrected chi connectivity index (χ1v) is 11.4. The highest BCUT2D eigenvalue weighted by Gasteiger charge is 2.73. The Bertz CT molecular complexity index is 1290. The third kappa shape index (κ3) is 4.11. The summed E-state index contributed by atoms with van der Waals surface area (Å²) in [6, 6.07) is 1.94. The van der Waals surface area contributed by atoms with Gasteiger partial charge in [-0.2, -0.15) is 26.3 Å². The number of carbonyl (C=O) groups excluding carboxylic acids is 2. The summed E-state index contributed by atoms with van der Waals surface area (Å²) in [6.45, 7) is 0. The molecule has 1 aliphatic heterocycles. The van der Waals surface area contributed by atoms with Gasteiger partial charge in [-0.3, -0.25) is 9.59 Å². The van der Waals surface area contributed by atoms with Crippen molar-refractivity contribution < 1.29 is 44.7 Å². The van der Waals surface area contributed by atoms with Crippen LogP contribution in [0.25, 0.3) is 0 Å². The number of rotatable bonds is 5. The molecule has 3 aliphatic rings. The van der Waals surface area contributed by atoms with Crippen LogP contribution < -0.4 is 5.73 Å². The molecule has 4 atom stereocenters. The van der Waals surface area contributed by atoms with Gasteiger partial charge >= 0.3 is 12.4 Å². The maximum atomic E-state index is 15.1. The van der Waals surface area contributed by atoms with Crippen molar-refractivity contribution in [2.75, 3.05) is 0 Å². The van der Waals surface area contributed by atoms with Gasteiger partial charge in [-0.15, -0.1) is 0 Å². The van der Waals surface area contributed by atoms with E-state index in [1.807, 2.05) is 0 Å². The van der Waals surface area contributed by atoms with E-state index in [0.29, 0.717) is 25.0 Å². The molecule has 2 amide bonds. The molecule has 1 saturated heterocycles. The van der Waals surface area contributed by atoms with Crippen LogP contribution >= 0.6 is 0 Å². The van der Waals surface area contributed by atoms with E-state index in [0.717, 1.165) is 17.0 Å². The number of pyridine rings is 1. The van der Waals surface area contributed by atoms with Crippen molar-refractivity contribution in [3.63, 3.8) is 0 Å². The number of benzene rings is 1. The minimum Gasteiger partial charge on any atom is -0.368 e. The normalized spacial score (nSPS) is 26.1. The lowest BCUT2D eigenvalue weighted by atomic mass is 9.82. The Labute approximate surface area is 204 Å². The lowest BCUT2D eigenvalue weighted by Gasteiger charge is -2.38. The third-order valence-electron chi connectivity index (χ3n) is 7.55. The topological polar surface area (TPSA) is 76.3 Å². The van der Waals surface area contributed by atoms with E-state index in [1.165, 1.54) is 0 Å². The molecule has 0 bridgehead atoms. The molecule has 198 valence electrons. The molecule has 13 heteroatoms. The second-order valence-electron chi connectivity index (χ2n) is 9.79. The molecule has 2 saturated carbocycles. The number of amides is 2. The zero-order valence-corrected chi connectivity index (χ0v) is 18.8. The van der Waals surface area contributed by atoms with E-state index in [4.69, 9.17) is 5.73 Å². The maximum Gasteiger partial charge on any atom is 0.433 e. The molecule has 0 radical (unpaired) electrons. The van der Waals surface area contributed by atoms with Gasteiger partial charge in [0.05, 0.1) is 11.1 Å². The summed E-state index contributed by atoms with van der Waals surface area (Å²) in [6.07, 6.45) is -8.75. The highest BCUT2D eigenvalue weighted by molar-refractivity contribution is 5.97. The highest BCUT2D eigenvalue weighted by Crippen LogP contribution is 2.69. The van der Waals surface area contributed by atoms with Gasteiger partial charge < -0.3 is 10.6 Å². The quantitative estimate of drug-likeness (QED) is 0.547. The van der Waals surface area contributed by atoms with Gasteiger partial charge in [-0.25, -0.2) is 13.8 Å². The number of halogens is 8. The van der Waals surface area contributed by atoms with Crippen LogP contribution in [-0.2, 0) is 17.1 Å². The lowest BCUT2D eigenvalue weighted by molar-refractivity contribution is -0.141. The summed E-state index contributed by atoms with van der Waals surface area (Å²) in [5, 5.41) is 0. The minimum atomic E-state index is -5.14. The van der Waals surface area contributed by atoms with Gasteiger partial charge in [-0.1, -0.05) is 6.07 Å². The number of nitrogens with two attached hydrogens (primary N) is 1. The third-order valence-corrected chi connectivity index (χ3v) is 7.55. The number of aromatic nitrogens is 1. The Morgan fingerprint density at radius 3 is 2.27 bits per heavy atom. The average molecular weight is 533 g/mol. The van der Waals surface area contributed by atoms with Crippen molar-refractivity contribution in [1.29, 1.82) is 0 Å². The van der Waals surface area contributed by atoms with Crippen molar-refractivity contribution in [2.24, 2.45) is 17.6 Å². The van der Waals surface area contributed by atoms with Gasteiger partial charge in [0, 0.05) is 5.92 Å². The number of fused-ring (bicyclic) bond motifs is 1. The number of primary amides is 1. The molecular formula is C24H19F8N3O2. The van der Waals surface area contributed by atoms with Gasteiger partial charge in [0.25, 0.3) is 5.91 Å². The Kier molecular flexibility index (Phi) is 5.58. The van der Waals surface area contributed by atoms with Crippen molar-refractivity contribution in [3.05, 3.63) is 64.5 Å². The summed E-state index contributed by atoms with van der Waals surface area (Å²) in [4.78, 5) is 30.3. The number of piperidine rings is 1. The summed E-state index contributed by atoms with van der Waals surface area (Å²) < 4.78 is 109. The number of carbonyl (C=O) groups is 2. The molecule has 5 rings (SSSR count). The van der Waals surface area contributed by atoms with E-state index in [1.54, 1.807) is 0 Å². The van der Waals surface area contributed by atoms with Crippen LogP contribution in [0, 0.1) is 23.5 Å². The summed E-state index contributed by atoms with van der Waals surface area (Å²) >= 11 is 0. The first kappa shape index (κ1) is 25.4. The van der Waals surface area contributed by atoms with Crippen LogP contribution in [-0.4, -0.2) is 33.3 Å². The number of nitrogens with zero attached hydrogens (tertiary/aromatic N) is 2. The summed E-state index contributed by atoms with van der Waals surface area (Å²) in [5.41, 5.74) is 0.0445. The summed E-state index contributed by atoms with van der Waals surface area (Å²) in [5.74, 6) is -6.77. The second-order valence-corrected chi connectivity index (χ2v) is 9.79. The molecule has 0 spiro atoms. The van der Waals surface area contributed by atoms with E-state index in [9.17, 15) is 40.3 Å². The van der Waals surface area contributed by atoms with Gasteiger partial charge in [0.1, 0.15) is 29.1 Å². The Hall–Kier alpha value is -3.25. The van der Waals surface area contributed by atoms with E-state index in [2.05, 4.69) is 4.98 Å².